The average Bonchev–Trinajstić information content (AvgIpc) is 2.19. The predicted octanol–water partition coefficient (Wildman–Crippen LogP) is 1.53. The van der Waals surface area contributed by atoms with E-state index in [1.807, 2.05) is 0 Å². The van der Waals surface area contributed by atoms with Crippen molar-refractivity contribution in [1.82, 2.24) is 4.90 Å². The Morgan fingerprint density at radius 2 is 2.14 bits per heavy atom. The van der Waals surface area contributed by atoms with Crippen LogP contribution in [0, 0.1) is 0 Å². The van der Waals surface area contributed by atoms with Crippen LogP contribution in [0.3, 0.4) is 0 Å². The van der Waals surface area contributed by atoms with Gasteiger partial charge in [-0.2, -0.15) is 0 Å². The van der Waals surface area contributed by atoms with Crippen molar-refractivity contribution in [3.8, 4) is 0 Å². The molecule has 0 aromatic heterocycles. The van der Waals surface area contributed by atoms with Gasteiger partial charge < -0.3 is 0 Å². The van der Waals surface area contributed by atoms with Crippen molar-refractivity contribution >= 4 is 0 Å². The van der Waals surface area contributed by atoms with Crippen LogP contribution in [0.15, 0.2) is 24.3 Å². The summed E-state index contributed by atoms with van der Waals surface area (Å²) in [5.74, 6) is 0. The largest absolute Gasteiger partial charge is 0.296 e. The van der Waals surface area contributed by atoms with Crippen molar-refractivity contribution in [2.75, 3.05) is 13.7 Å². The van der Waals surface area contributed by atoms with Crippen LogP contribution in [-0.2, 0) is 17.9 Å². The molecule has 1 aliphatic rings. The van der Waals surface area contributed by atoms with Gasteiger partial charge in [0.1, 0.15) is 0 Å². The van der Waals surface area contributed by atoms with Crippen molar-refractivity contribution in [2.24, 2.45) is 0 Å². The lowest BCUT2D eigenvalue weighted by molar-refractivity contribution is -0.252. The molecule has 1 heterocycles. The van der Waals surface area contributed by atoms with Gasteiger partial charge in [0.15, 0.2) is 0 Å². The number of rotatable bonds is 2. The Morgan fingerprint density at radius 1 is 1.43 bits per heavy atom. The van der Waals surface area contributed by atoms with Crippen LogP contribution in [-0.4, -0.2) is 29.9 Å². The summed E-state index contributed by atoms with van der Waals surface area (Å²) in [6, 6.07) is 8.71. The summed E-state index contributed by atoms with van der Waals surface area (Å²) < 4.78 is 0. The fourth-order valence-electron chi connectivity index (χ4n) is 1.99. The Kier molecular flexibility index (Phi) is 2.82. The normalized spacial score (nSPS) is 22.0. The predicted molar refractivity (Wildman–Crippen MR) is 54.0 cm³/mol. The molecule has 1 N–H and O–H groups in total. The fourth-order valence-corrected chi connectivity index (χ4v) is 1.99. The summed E-state index contributed by atoms with van der Waals surface area (Å²) in [6.07, 6.45) is 0.952. The quantitative estimate of drug-likeness (QED) is 0.571. The van der Waals surface area contributed by atoms with E-state index in [1.54, 1.807) is 0 Å². The molecule has 76 valence electrons. The molecular formula is C11H15NO2. The Balaban J connectivity index is 2.18. The number of fused-ring (bicyclic) bond motifs is 1. The smallest absolute Gasteiger partial charge is 0.0978 e. The minimum absolute atomic E-state index is 0.287. The molecule has 3 nitrogen and oxygen atoms in total. The monoisotopic (exact) mass is 193 g/mol. The van der Waals surface area contributed by atoms with E-state index in [1.165, 1.54) is 11.1 Å². The third-order valence-corrected chi connectivity index (χ3v) is 2.88. The number of likely N-dealkylation sites (N-methyl/N-ethyl adjacent to an activating group) is 1. The second kappa shape index (κ2) is 4.09. The summed E-state index contributed by atoms with van der Waals surface area (Å²) >= 11 is 0. The number of nitrogens with zero attached hydrogens (tertiary/aromatic N) is 1. The van der Waals surface area contributed by atoms with Crippen LogP contribution < -0.4 is 0 Å². The Labute approximate surface area is 83.8 Å². The summed E-state index contributed by atoms with van der Waals surface area (Å²) in [5.41, 5.74) is 2.75. The summed E-state index contributed by atoms with van der Waals surface area (Å²) in [6.45, 7) is 1.31. The Hall–Kier alpha value is -0.900. The molecule has 0 aliphatic carbocycles. The minimum Gasteiger partial charge on any atom is -0.296 e. The maximum atomic E-state index is 8.46. The molecule has 3 heteroatoms. The number of hydrogen-bond donors (Lipinski definition) is 1. The second-order valence-corrected chi connectivity index (χ2v) is 3.84. The van der Waals surface area contributed by atoms with Crippen molar-refractivity contribution in [3.05, 3.63) is 35.4 Å². The van der Waals surface area contributed by atoms with Crippen LogP contribution in [0.4, 0.5) is 0 Å². The number of benzene rings is 1. The van der Waals surface area contributed by atoms with Crippen molar-refractivity contribution in [1.29, 1.82) is 0 Å². The van der Waals surface area contributed by atoms with Crippen LogP contribution in [0.25, 0.3) is 0 Å². The van der Waals surface area contributed by atoms with E-state index in [9.17, 15) is 0 Å². The molecule has 0 fully saturated rings. The third kappa shape index (κ3) is 1.80. The van der Waals surface area contributed by atoms with Crippen LogP contribution in [0.2, 0.25) is 0 Å². The highest BCUT2D eigenvalue weighted by atomic mass is 17.1. The average molecular weight is 193 g/mol. The molecule has 0 bridgehead atoms. The van der Waals surface area contributed by atoms with Gasteiger partial charge in [-0.15, -0.1) is 0 Å². The van der Waals surface area contributed by atoms with Gasteiger partial charge in [-0.1, -0.05) is 24.3 Å². The molecule has 14 heavy (non-hydrogen) atoms. The van der Waals surface area contributed by atoms with E-state index < -0.39 is 0 Å². The number of hydrogen-bond acceptors (Lipinski definition) is 3. The zero-order valence-electron chi connectivity index (χ0n) is 8.31. The van der Waals surface area contributed by atoms with E-state index in [0.29, 0.717) is 6.61 Å². The Morgan fingerprint density at radius 3 is 2.86 bits per heavy atom. The lowest BCUT2D eigenvalue weighted by Crippen LogP contribution is -2.40. The Bertz CT molecular complexity index is 314. The third-order valence-electron chi connectivity index (χ3n) is 2.88. The molecule has 0 amide bonds. The molecule has 0 spiro atoms. The van der Waals surface area contributed by atoms with E-state index in [-0.39, 0.29) is 6.04 Å². The zero-order valence-corrected chi connectivity index (χ0v) is 8.31. The highest BCUT2D eigenvalue weighted by Crippen LogP contribution is 2.21. The molecule has 0 radical (unpaired) electrons. The van der Waals surface area contributed by atoms with E-state index in [0.717, 1.165) is 13.0 Å². The van der Waals surface area contributed by atoms with E-state index in [4.69, 9.17) is 5.26 Å². The van der Waals surface area contributed by atoms with Gasteiger partial charge in [-0.25, -0.2) is 4.89 Å². The first-order valence-electron chi connectivity index (χ1n) is 4.84. The topological polar surface area (TPSA) is 32.7 Å². The highest BCUT2D eigenvalue weighted by Gasteiger charge is 2.22. The van der Waals surface area contributed by atoms with Gasteiger partial charge >= 0.3 is 0 Å². The first-order chi connectivity index (χ1) is 6.81. The SMILES string of the molecule is CN1Cc2ccccc2CC1COO. The van der Waals surface area contributed by atoms with Crippen LogP contribution >= 0.6 is 0 Å². The molecule has 1 aliphatic heterocycles. The first-order valence-corrected chi connectivity index (χ1v) is 4.84. The molecule has 1 unspecified atom stereocenters. The molecule has 0 saturated carbocycles. The minimum atomic E-state index is 0.287. The molecule has 1 aromatic carbocycles. The van der Waals surface area contributed by atoms with Gasteiger partial charge in [0.2, 0.25) is 0 Å². The molecular weight excluding hydrogens is 178 g/mol. The summed E-state index contributed by atoms with van der Waals surface area (Å²) in [4.78, 5) is 6.43. The molecule has 2 rings (SSSR count). The highest BCUT2D eigenvalue weighted by molar-refractivity contribution is 5.29. The lowest BCUT2D eigenvalue weighted by atomic mass is 9.95. The summed E-state index contributed by atoms with van der Waals surface area (Å²) in [5, 5.41) is 8.46. The maximum Gasteiger partial charge on any atom is 0.0978 e. The van der Waals surface area contributed by atoms with Gasteiger partial charge in [0.25, 0.3) is 0 Å². The van der Waals surface area contributed by atoms with Crippen LogP contribution in [0.1, 0.15) is 11.1 Å². The lowest BCUT2D eigenvalue weighted by Gasteiger charge is -2.33. The second-order valence-electron chi connectivity index (χ2n) is 3.84. The van der Waals surface area contributed by atoms with Crippen molar-refractivity contribution in [3.63, 3.8) is 0 Å². The van der Waals surface area contributed by atoms with Gasteiger partial charge in [-0.3, -0.25) is 10.2 Å². The first kappa shape index (κ1) is 9.65. The van der Waals surface area contributed by atoms with Gasteiger partial charge in [-0.05, 0) is 24.6 Å². The van der Waals surface area contributed by atoms with E-state index in [2.05, 4.69) is 41.1 Å². The van der Waals surface area contributed by atoms with Crippen LogP contribution in [0.5, 0.6) is 0 Å². The standard InChI is InChI=1S/C11H15NO2/c1-12-7-10-5-3-2-4-9(10)6-11(12)8-14-13/h2-5,11,13H,6-8H2,1H3. The fraction of sp³-hybridized carbons (Fsp3) is 0.455. The van der Waals surface area contributed by atoms with Gasteiger partial charge in [0.05, 0.1) is 6.61 Å². The van der Waals surface area contributed by atoms with Crippen molar-refractivity contribution < 1.29 is 10.1 Å². The summed E-state index contributed by atoms with van der Waals surface area (Å²) in [7, 11) is 2.06. The van der Waals surface area contributed by atoms with E-state index >= 15 is 0 Å². The molecule has 0 saturated heterocycles. The molecule has 1 aromatic rings. The van der Waals surface area contributed by atoms with Crippen molar-refractivity contribution in [2.45, 2.75) is 19.0 Å². The van der Waals surface area contributed by atoms with Gasteiger partial charge in [0, 0.05) is 12.6 Å². The molecule has 1 atom stereocenters. The zero-order chi connectivity index (χ0) is 9.97. The maximum absolute atomic E-state index is 8.46.